The number of fused-ring (bicyclic) bond motifs is 1. The Hall–Kier alpha value is -2.81. The number of hydrogen-bond acceptors (Lipinski definition) is 7. The van der Waals surface area contributed by atoms with Gasteiger partial charge in [-0.3, -0.25) is 4.98 Å². The van der Waals surface area contributed by atoms with E-state index in [0.717, 1.165) is 0 Å². The van der Waals surface area contributed by atoms with E-state index in [1.54, 1.807) is 38.4 Å². The van der Waals surface area contributed by atoms with Crippen LogP contribution in [0.25, 0.3) is 5.65 Å². The third-order valence-electron chi connectivity index (χ3n) is 3.57. The molecule has 0 saturated heterocycles. The number of halogens is 1. The molecule has 134 valence electrons. The lowest BCUT2D eigenvalue weighted by Gasteiger charge is -2.17. The van der Waals surface area contributed by atoms with Gasteiger partial charge in [0.15, 0.2) is 5.65 Å². The third-order valence-corrected chi connectivity index (χ3v) is 3.98. The Balaban J connectivity index is 1.94. The van der Waals surface area contributed by atoms with Gasteiger partial charge in [-0.15, -0.1) is 0 Å². The molecule has 0 spiro atoms. The van der Waals surface area contributed by atoms with Gasteiger partial charge in [0, 0.05) is 18.6 Å². The van der Waals surface area contributed by atoms with E-state index in [4.69, 9.17) is 9.47 Å². The first-order valence-electron chi connectivity index (χ1n) is 7.79. The summed E-state index contributed by atoms with van der Waals surface area (Å²) in [4.78, 5) is 33.3. The van der Waals surface area contributed by atoms with E-state index in [9.17, 15) is 9.59 Å². The first-order valence-corrected chi connectivity index (χ1v) is 8.58. The van der Waals surface area contributed by atoms with Crippen LogP contribution in [0.3, 0.4) is 0 Å². The molecule has 0 fully saturated rings. The van der Waals surface area contributed by atoms with Gasteiger partial charge < -0.3 is 9.47 Å². The molecule has 0 aliphatic carbocycles. The number of carbonyl (C=O) groups is 2. The summed E-state index contributed by atoms with van der Waals surface area (Å²) in [6.45, 7) is 3.61. The Morgan fingerprint density at radius 3 is 2.85 bits per heavy atom. The highest BCUT2D eigenvalue weighted by molar-refractivity contribution is 9.10. The minimum Gasteiger partial charge on any atom is -0.463 e. The number of nitrogens with zero attached hydrogens (tertiary/aromatic N) is 4. The first kappa shape index (κ1) is 18.0. The second-order valence-corrected chi connectivity index (χ2v) is 6.26. The molecule has 0 radical (unpaired) electrons. The van der Waals surface area contributed by atoms with Crippen molar-refractivity contribution in [3.63, 3.8) is 0 Å². The van der Waals surface area contributed by atoms with Crippen molar-refractivity contribution in [2.45, 2.75) is 20.0 Å². The zero-order valence-electron chi connectivity index (χ0n) is 14.0. The Morgan fingerprint density at radius 1 is 1.31 bits per heavy atom. The van der Waals surface area contributed by atoms with E-state index in [1.807, 2.05) is 0 Å². The number of ether oxygens (including phenoxy) is 2. The van der Waals surface area contributed by atoms with Gasteiger partial charge in [0.1, 0.15) is 5.56 Å². The minimum absolute atomic E-state index is 0.139. The summed E-state index contributed by atoms with van der Waals surface area (Å²) in [6.07, 6.45) is 4.79. The maximum atomic E-state index is 12.6. The monoisotopic (exact) mass is 418 g/mol. The summed E-state index contributed by atoms with van der Waals surface area (Å²) in [7, 11) is 0. The molecule has 3 heterocycles. The van der Waals surface area contributed by atoms with Gasteiger partial charge >= 0.3 is 11.9 Å². The fourth-order valence-corrected chi connectivity index (χ4v) is 2.67. The highest BCUT2D eigenvalue weighted by Gasteiger charge is 2.30. The van der Waals surface area contributed by atoms with E-state index >= 15 is 0 Å². The Morgan fingerprint density at radius 2 is 2.12 bits per heavy atom. The van der Waals surface area contributed by atoms with Crippen molar-refractivity contribution in [3.8, 4) is 0 Å². The quantitative estimate of drug-likeness (QED) is 0.587. The summed E-state index contributed by atoms with van der Waals surface area (Å²) in [5, 5.41) is 4.07. The molecule has 0 N–H and O–H groups in total. The number of pyridine rings is 1. The molecule has 0 unspecified atom stereocenters. The Kier molecular flexibility index (Phi) is 5.27. The molecule has 0 aliphatic rings. The van der Waals surface area contributed by atoms with Crippen LogP contribution in [0, 0.1) is 6.92 Å². The van der Waals surface area contributed by atoms with Crippen LogP contribution in [-0.4, -0.2) is 38.1 Å². The molecule has 0 bridgehead atoms. The molecule has 0 aromatic carbocycles. The Labute approximate surface area is 157 Å². The van der Waals surface area contributed by atoms with Crippen molar-refractivity contribution in [2.75, 3.05) is 6.61 Å². The SMILES string of the molecule is CCOC(=O)[C@H](OC(=O)c1cnn2cc(Br)cnc12)c1ncccc1C. The van der Waals surface area contributed by atoms with Crippen molar-refractivity contribution in [1.82, 2.24) is 19.6 Å². The molecular weight excluding hydrogens is 404 g/mol. The van der Waals surface area contributed by atoms with Gasteiger partial charge in [0.25, 0.3) is 0 Å². The van der Waals surface area contributed by atoms with Gasteiger partial charge in [-0.05, 0) is 41.4 Å². The average Bonchev–Trinajstić information content (AvgIpc) is 3.03. The van der Waals surface area contributed by atoms with Crippen molar-refractivity contribution in [3.05, 3.63) is 58.2 Å². The second-order valence-electron chi connectivity index (χ2n) is 5.34. The molecule has 9 heteroatoms. The van der Waals surface area contributed by atoms with Gasteiger partial charge in [0.05, 0.1) is 23.0 Å². The third kappa shape index (κ3) is 3.57. The lowest BCUT2D eigenvalue weighted by atomic mass is 10.1. The van der Waals surface area contributed by atoms with Gasteiger partial charge in [-0.2, -0.15) is 5.10 Å². The van der Waals surface area contributed by atoms with Gasteiger partial charge in [-0.1, -0.05) is 6.07 Å². The lowest BCUT2D eigenvalue weighted by molar-refractivity contribution is -0.154. The number of carbonyl (C=O) groups excluding carboxylic acids is 2. The van der Waals surface area contributed by atoms with Gasteiger partial charge in [0.2, 0.25) is 6.10 Å². The van der Waals surface area contributed by atoms with Crippen molar-refractivity contribution >= 4 is 33.5 Å². The van der Waals surface area contributed by atoms with E-state index < -0.39 is 18.0 Å². The van der Waals surface area contributed by atoms with E-state index in [2.05, 4.69) is 31.0 Å². The van der Waals surface area contributed by atoms with Crippen LogP contribution in [0.4, 0.5) is 0 Å². The summed E-state index contributed by atoms with van der Waals surface area (Å²) >= 11 is 3.28. The summed E-state index contributed by atoms with van der Waals surface area (Å²) in [5.41, 5.74) is 1.49. The summed E-state index contributed by atoms with van der Waals surface area (Å²) in [5.74, 6) is -1.42. The van der Waals surface area contributed by atoms with Crippen LogP contribution >= 0.6 is 15.9 Å². The molecule has 0 aliphatic heterocycles. The smallest absolute Gasteiger partial charge is 0.353 e. The largest absolute Gasteiger partial charge is 0.463 e. The van der Waals surface area contributed by atoms with Gasteiger partial charge in [-0.25, -0.2) is 19.1 Å². The fraction of sp³-hybridized carbons (Fsp3) is 0.235. The normalized spacial score (nSPS) is 12.0. The molecule has 3 aromatic rings. The molecule has 3 aromatic heterocycles. The minimum atomic E-state index is -1.27. The van der Waals surface area contributed by atoms with Crippen LogP contribution in [0.1, 0.15) is 34.6 Å². The predicted molar refractivity (Wildman–Crippen MR) is 94.5 cm³/mol. The molecule has 8 nitrogen and oxygen atoms in total. The number of aryl methyl sites for hydroxylation is 1. The maximum absolute atomic E-state index is 12.6. The maximum Gasteiger partial charge on any atom is 0.353 e. The van der Waals surface area contributed by atoms with Crippen molar-refractivity contribution in [1.29, 1.82) is 0 Å². The average molecular weight is 419 g/mol. The molecule has 26 heavy (non-hydrogen) atoms. The second kappa shape index (κ2) is 7.61. The van der Waals surface area contributed by atoms with E-state index in [-0.39, 0.29) is 12.2 Å². The van der Waals surface area contributed by atoms with Crippen LogP contribution in [0.5, 0.6) is 0 Å². The predicted octanol–water partition coefficient (Wildman–Crippen LogP) is 2.66. The topological polar surface area (TPSA) is 95.7 Å². The van der Waals surface area contributed by atoms with E-state index in [1.165, 1.54) is 16.9 Å². The summed E-state index contributed by atoms with van der Waals surface area (Å²) < 4.78 is 12.6. The summed E-state index contributed by atoms with van der Waals surface area (Å²) in [6, 6.07) is 3.51. The zero-order chi connectivity index (χ0) is 18.7. The highest BCUT2D eigenvalue weighted by Crippen LogP contribution is 2.23. The fourth-order valence-electron chi connectivity index (χ4n) is 2.37. The zero-order valence-corrected chi connectivity index (χ0v) is 15.6. The van der Waals surface area contributed by atoms with Crippen LogP contribution in [0.15, 0.2) is 41.4 Å². The molecule has 0 amide bonds. The van der Waals surface area contributed by atoms with Crippen LogP contribution < -0.4 is 0 Å². The number of aromatic nitrogens is 4. The number of hydrogen-bond donors (Lipinski definition) is 0. The van der Waals surface area contributed by atoms with Crippen LogP contribution in [-0.2, 0) is 14.3 Å². The van der Waals surface area contributed by atoms with Crippen molar-refractivity contribution < 1.29 is 19.1 Å². The van der Waals surface area contributed by atoms with Crippen molar-refractivity contribution in [2.24, 2.45) is 0 Å². The molecule has 0 saturated carbocycles. The Bertz CT molecular complexity index is 972. The highest BCUT2D eigenvalue weighted by atomic mass is 79.9. The molecular formula is C17H15BrN4O4. The number of esters is 2. The molecule has 3 rings (SSSR count). The first-order chi connectivity index (χ1) is 12.5. The van der Waals surface area contributed by atoms with Crippen LogP contribution in [0.2, 0.25) is 0 Å². The number of rotatable bonds is 5. The lowest BCUT2D eigenvalue weighted by Crippen LogP contribution is -2.24. The standard InChI is InChI=1S/C17H15BrN4O4/c1-3-25-17(24)14(13-10(2)5-4-6-19-13)26-16(23)12-8-21-22-9-11(18)7-20-15(12)22/h4-9,14H,3H2,1-2H3/t14-/m1/s1. The van der Waals surface area contributed by atoms with E-state index in [0.29, 0.717) is 21.4 Å². The molecule has 1 atom stereocenters.